The summed E-state index contributed by atoms with van der Waals surface area (Å²) in [4.78, 5) is 11.7. The second-order valence-electron chi connectivity index (χ2n) is 3.61. The maximum Gasteiger partial charge on any atom is 0.161 e. The van der Waals surface area contributed by atoms with Crippen LogP contribution in [0.5, 0.6) is 0 Å². The molecule has 1 N–H and O–H groups in total. The zero-order valence-corrected chi connectivity index (χ0v) is 10.2. The summed E-state index contributed by atoms with van der Waals surface area (Å²) in [6, 6.07) is 4.51. The highest BCUT2D eigenvalue weighted by atomic mass is 32.2. The number of rotatable bonds is 5. The molecule has 0 saturated carbocycles. The molecular formula is C12H15FO2S. The van der Waals surface area contributed by atoms with Crippen molar-refractivity contribution >= 4 is 17.5 Å². The van der Waals surface area contributed by atoms with E-state index in [1.807, 2.05) is 6.92 Å². The van der Waals surface area contributed by atoms with Gasteiger partial charge in [-0.15, -0.1) is 11.8 Å². The highest BCUT2D eigenvalue weighted by molar-refractivity contribution is 8.00. The molecule has 1 unspecified atom stereocenters. The third-order valence-electron chi connectivity index (χ3n) is 2.20. The standard InChI is InChI=1S/C12H15FO2S/c1-8(6-7-14)16-12-10(9(2)15)4-3-5-11(12)13/h3-5,8,14H,6-7H2,1-2H3. The monoisotopic (exact) mass is 242 g/mol. The Labute approximate surface area is 98.9 Å². The van der Waals surface area contributed by atoms with Crippen molar-refractivity contribution in [1.29, 1.82) is 0 Å². The number of halogens is 1. The SMILES string of the molecule is CC(=O)c1cccc(F)c1SC(C)CCO. The number of aliphatic hydroxyl groups is 1. The number of ketones is 1. The van der Waals surface area contributed by atoms with Gasteiger partial charge in [-0.3, -0.25) is 4.79 Å². The highest BCUT2D eigenvalue weighted by Crippen LogP contribution is 2.31. The van der Waals surface area contributed by atoms with Gasteiger partial charge in [-0.2, -0.15) is 0 Å². The quantitative estimate of drug-likeness (QED) is 0.637. The van der Waals surface area contributed by atoms with E-state index in [-0.39, 0.29) is 23.5 Å². The van der Waals surface area contributed by atoms with Crippen LogP contribution in [0, 0.1) is 5.82 Å². The van der Waals surface area contributed by atoms with Crippen LogP contribution in [0.1, 0.15) is 30.6 Å². The molecule has 4 heteroatoms. The van der Waals surface area contributed by atoms with Crippen LogP contribution in [0.4, 0.5) is 4.39 Å². The number of thioether (sulfide) groups is 1. The first-order chi connectivity index (χ1) is 7.56. The van der Waals surface area contributed by atoms with Crippen LogP contribution in [0.3, 0.4) is 0 Å². The van der Waals surface area contributed by atoms with Gasteiger partial charge in [-0.25, -0.2) is 4.39 Å². The minimum atomic E-state index is -0.373. The second kappa shape index (κ2) is 6.01. The largest absolute Gasteiger partial charge is 0.396 e. The molecule has 0 heterocycles. The van der Waals surface area contributed by atoms with E-state index in [0.29, 0.717) is 16.9 Å². The highest BCUT2D eigenvalue weighted by Gasteiger charge is 2.15. The third kappa shape index (κ3) is 3.32. The summed E-state index contributed by atoms with van der Waals surface area (Å²) in [5, 5.41) is 8.87. The van der Waals surface area contributed by atoms with E-state index in [0.717, 1.165) is 0 Å². The van der Waals surface area contributed by atoms with Crippen molar-refractivity contribution in [1.82, 2.24) is 0 Å². The van der Waals surface area contributed by atoms with E-state index < -0.39 is 0 Å². The predicted molar refractivity (Wildman–Crippen MR) is 63.4 cm³/mol. The van der Waals surface area contributed by atoms with Crippen molar-refractivity contribution in [2.75, 3.05) is 6.61 Å². The van der Waals surface area contributed by atoms with E-state index in [1.165, 1.54) is 30.8 Å². The van der Waals surface area contributed by atoms with E-state index in [1.54, 1.807) is 6.07 Å². The van der Waals surface area contributed by atoms with Gasteiger partial charge in [0.1, 0.15) is 5.82 Å². The van der Waals surface area contributed by atoms with Crippen LogP contribution in [-0.2, 0) is 0 Å². The first-order valence-corrected chi connectivity index (χ1v) is 6.01. The van der Waals surface area contributed by atoms with Crippen molar-refractivity contribution in [2.45, 2.75) is 30.4 Å². The zero-order valence-electron chi connectivity index (χ0n) is 9.37. The van der Waals surface area contributed by atoms with Crippen LogP contribution in [-0.4, -0.2) is 22.7 Å². The summed E-state index contributed by atoms with van der Waals surface area (Å²) in [7, 11) is 0. The van der Waals surface area contributed by atoms with Gasteiger partial charge < -0.3 is 5.11 Å². The lowest BCUT2D eigenvalue weighted by Crippen LogP contribution is -2.04. The molecule has 0 aliphatic heterocycles. The van der Waals surface area contributed by atoms with Gasteiger partial charge in [-0.05, 0) is 19.4 Å². The summed E-state index contributed by atoms with van der Waals surface area (Å²) in [6.45, 7) is 3.39. The molecule has 0 amide bonds. The molecule has 0 aliphatic rings. The molecule has 1 rings (SSSR count). The van der Waals surface area contributed by atoms with Gasteiger partial charge in [0, 0.05) is 17.4 Å². The Morgan fingerprint density at radius 3 is 2.81 bits per heavy atom. The number of hydrogen-bond donors (Lipinski definition) is 1. The van der Waals surface area contributed by atoms with Crippen LogP contribution in [0.2, 0.25) is 0 Å². The fraction of sp³-hybridized carbons (Fsp3) is 0.417. The molecule has 88 valence electrons. The van der Waals surface area contributed by atoms with Gasteiger partial charge in [0.2, 0.25) is 0 Å². The Kier molecular flexibility index (Phi) is 4.96. The van der Waals surface area contributed by atoms with Crippen LogP contribution in [0.15, 0.2) is 23.1 Å². The first kappa shape index (κ1) is 13.2. The van der Waals surface area contributed by atoms with E-state index in [2.05, 4.69) is 0 Å². The molecule has 0 radical (unpaired) electrons. The molecule has 0 aromatic heterocycles. The van der Waals surface area contributed by atoms with Gasteiger partial charge in [0.25, 0.3) is 0 Å². The van der Waals surface area contributed by atoms with E-state index in [9.17, 15) is 9.18 Å². The molecule has 1 aromatic rings. The lowest BCUT2D eigenvalue weighted by Gasteiger charge is -2.12. The molecule has 0 bridgehead atoms. The lowest BCUT2D eigenvalue weighted by atomic mass is 10.1. The summed E-state index contributed by atoms with van der Waals surface area (Å²) < 4.78 is 13.6. The summed E-state index contributed by atoms with van der Waals surface area (Å²) in [6.07, 6.45) is 0.580. The number of aliphatic hydroxyl groups excluding tert-OH is 1. The molecule has 2 nitrogen and oxygen atoms in total. The van der Waals surface area contributed by atoms with Crippen molar-refractivity contribution in [2.24, 2.45) is 0 Å². The van der Waals surface area contributed by atoms with Crippen molar-refractivity contribution in [3.63, 3.8) is 0 Å². The van der Waals surface area contributed by atoms with Gasteiger partial charge in [-0.1, -0.05) is 19.1 Å². The normalized spacial score (nSPS) is 12.5. The van der Waals surface area contributed by atoms with E-state index in [4.69, 9.17) is 5.11 Å². The second-order valence-corrected chi connectivity index (χ2v) is 5.06. The topological polar surface area (TPSA) is 37.3 Å². The van der Waals surface area contributed by atoms with Crippen LogP contribution >= 0.6 is 11.8 Å². The average molecular weight is 242 g/mol. The molecule has 1 atom stereocenters. The maximum absolute atomic E-state index is 13.6. The number of carbonyl (C=O) groups excluding carboxylic acids is 1. The fourth-order valence-electron chi connectivity index (χ4n) is 1.35. The summed E-state index contributed by atoms with van der Waals surface area (Å²) >= 11 is 1.29. The minimum Gasteiger partial charge on any atom is -0.396 e. The smallest absolute Gasteiger partial charge is 0.161 e. The minimum absolute atomic E-state index is 0.0675. The summed E-state index contributed by atoms with van der Waals surface area (Å²) in [5.74, 6) is -0.513. The maximum atomic E-state index is 13.6. The fourth-order valence-corrected chi connectivity index (χ4v) is 2.49. The Morgan fingerprint density at radius 2 is 2.25 bits per heavy atom. The number of hydrogen-bond acceptors (Lipinski definition) is 3. The van der Waals surface area contributed by atoms with Crippen molar-refractivity contribution in [3.8, 4) is 0 Å². The molecule has 0 spiro atoms. The van der Waals surface area contributed by atoms with Crippen LogP contribution < -0.4 is 0 Å². The van der Waals surface area contributed by atoms with Gasteiger partial charge in [0.05, 0.1) is 4.90 Å². The van der Waals surface area contributed by atoms with Gasteiger partial charge in [0.15, 0.2) is 5.78 Å². The Balaban J connectivity index is 2.97. The molecule has 1 aromatic carbocycles. The Hall–Kier alpha value is -0.870. The first-order valence-electron chi connectivity index (χ1n) is 5.13. The number of benzene rings is 1. The zero-order chi connectivity index (χ0) is 12.1. The van der Waals surface area contributed by atoms with Crippen molar-refractivity contribution < 1.29 is 14.3 Å². The number of carbonyl (C=O) groups is 1. The molecular weight excluding hydrogens is 227 g/mol. The van der Waals surface area contributed by atoms with E-state index >= 15 is 0 Å². The third-order valence-corrected chi connectivity index (χ3v) is 3.49. The molecule has 0 fully saturated rings. The Morgan fingerprint density at radius 1 is 1.56 bits per heavy atom. The Bertz CT molecular complexity index is 379. The summed E-state index contributed by atoms with van der Waals surface area (Å²) in [5.41, 5.74) is 0.412. The molecule has 0 saturated heterocycles. The van der Waals surface area contributed by atoms with Crippen LogP contribution in [0.25, 0.3) is 0 Å². The van der Waals surface area contributed by atoms with Crippen molar-refractivity contribution in [3.05, 3.63) is 29.6 Å². The lowest BCUT2D eigenvalue weighted by molar-refractivity contribution is 0.101. The molecule has 0 aliphatic carbocycles. The van der Waals surface area contributed by atoms with Gasteiger partial charge >= 0.3 is 0 Å². The average Bonchev–Trinajstić information content (AvgIpc) is 2.21. The molecule has 16 heavy (non-hydrogen) atoms. The number of Topliss-reactive ketones (excluding diaryl/α,β-unsaturated/α-hetero) is 1. The predicted octanol–water partition coefficient (Wildman–Crippen LogP) is 2.89.